The van der Waals surface area contributed by atoms with Crippen LogP contribution in [0.4, 0.5) is 11.8 Å². The Kier molecular flexibility index (Phi) is 6.08. The summed E-state index contributed by atoms with van der Waals surface area (Å²) in [6.45, 7) is 5.40. The summed E-state index contributed by atoms with van der Waals surface area (Å²) in [6.07, 6.45) is 3.48. The van der Waals surface area contributed by atoms with Crippen LogP contribution in [0.5, 0.6) is 11.5 Å². The second kappa shape index (κ2) is 8.91. The van der Waals surface area contributed by atoms with E-state index in [9.17, 15) is 4.79 Å². The van der Waals surface area contributed by atoms with E-state index in [-0.39, 0.29) is 5.91 Å². The standard InChI is InChI=1S/C21H30N6O3/c1-29-17-12-15-16(13-18(17)30-2)23-21(24-20(15)22)27-10-8-25(9-11-27)14-19(28)26-6-4-3-5-7-26/h12-13H,3-11,14H2,1-2H3,(H2,22,23,24). The molecule has 30 heavy (non-hydrogen) atoms. The fraction of sp³-hybridized carbons (Fsp3) is 0.571. The minimum absolute atomic E-state index is 0.246. The van der Waals surface area contributed by atoms with Crippen LogP contribution in [0.2, 0.25) is 0 Å². The molecule has 0 spiro atoms. The third kappa shape index (κ3) is 4.21. The first-order valence-electron chi connectivity index (χ1n) is 10.5. The molecule has 9 heteroatoms. The SMILES string of the molecule is COc1cc2nc(N3CCN(CC(=O)N4CCCCC4)CC3)nc(N)c2cc1OC. The second-order valence-corrected chi connectivity index (χ2v) is 7.84. The molecule has 162 valence electrons. The quantitative estimate of drug-likeness (QED) is 0.783. The lowest BCUT2D eigenvalue weighted by Crippen LogP contribution is -2.51. The minimum Gasteiger partial charge on any atom is -0.493 e. The number of nitrogens with zero attached hydrogens (tertiary/aromatic N) is 5. The molecule has 1 aromatic heterocycles. The van der Waals surface area contributed by atoms with E-state index >= 15 is 0 Å². The molecule has 1 aromatic carbocycles. The number of piperazine rings is 1. The maximum absolute atomic E-state index is 12.5. The lowest BCUT2D eigenvalue weighted by atomic mass is 10.1. The number of nitrogen functional groups attached to an aromatic ring is 1. The van der Waals surface area contributed by atoms with Crippen molar-refractivity contribution in [1.29, 1.82) is 0 Å². The van der Waals surface area contributed by atoms with Gasteiger partial charge >= 0.3 is 0 Å². The van der Waals surface area contributed by atoms with Crippen molar-refractivity contribution in [2.75, 3.05) is 70.7 Å². The first-order chi connectivity index (χ1) is 14.6. The van der Waals surface area contributed by atoms with Crippen molar-refractivity contribution in [1.82, 2.24) is 19.8 Å². The maximum Gasteiger partial charge on any atom is 0.236 e. The molecule has 1 amide bonds. The molecule has 0 atom stereocenters. The van der Waals surface area contributed by atoms with Gasteiger partial charge in [0.05, 0.1) is 26.3 Å². The highest BCUT2D eigenvalue weighted by Gasteiger charge is 2.24. The zero-order valence-electron chi connectivity index (χ0n) is 17.8. The normalized spacial score (nSPS) is 17.9. The molecular weight excluding hydrogens is 384 g/mol. The Balaban J connectivity index is 1.43. The number of aromatic nitrogens is 2. The number of benzene rings is 1. The van der Waals surface area contributed by atoms with Gasteiger partial charge in [0.25, 0.3) is 0 Å². The van der Waals surface area contributed by atoms with Gasteiger partial charge in [0.1, 0.15) is 5.82 Å². The molecule has 2 fully saturated rings. The molecule has 0 saturated carbocycles. The van der Waals surface area contributed by atoms with Gasteiger partial charge in [0.15, 0.2) is 11.5 Å². The van der Waals surface area contributed by atoms with E-state index in [1.165, 1.54) is 6.42 Å². The Morgan fingerprint density at radius 3 is 2.30 bits per heavy atom. The van der Waals surface area contributed by atoms with Crippen LogP contribution < -0.4 is 20.1 Å². The van der Waals surface area contributed by atoms with Gasteiger partial charge in [-0.25, -0.2) is 4.98 Å². The van der Waals surface area contributed by atoms with Crippen LogP contribution in [0.15, 0.2) is 12.1 Å². The number of amides is 1. The number of piperidine rings is 1. The number of carbonyl (C=O) groups is 1. The molecule has 0 unspecified atom stereocenters. The van der Waals surface area contributed by atoms with Gasteiger partial charge in [-0.2, -0.15) is 4.98 Å². The third-order valence-electron chi connectivity index (χ3n) is 5.94. The average Bonchev–Trinajstić information content (AvgIpc) is 2.79. The first-order valence-corrected chi connectivity index (χ1v) is 10.5. The van der Waals surface area contributed by atoms with Crippen LogP contribution in [-0.2, 0) is 4.79 Å². The Bertz CT molecular complexity index is 907. The molecule has 9 nitrogen and oxygen atoms in total. The van der Waals surface area contributed by atoms with Gasteiger partial charge in [-0.15, -0.1) is 0 Å². The van der Waals surface area contributed by atoms with E-state index in [0.717, 1.165) is 63.0 Å². The third-order valence-corrected chi connectivity index (χ3v) is 5.94. The molecule has 0 radical (unpaired) electrons. The molecule has 0 bridgehead atoms. The Morgan fingerprint density at radius 2 is 1.63 bits per heavy atom. The van der Waals surface area contributed by atoms with Crippen molar-refractivity contribution in [3.8, 4) is 11.5 Å². The van der Waals surface area contributed by atoms with Crippen molar-refractivity contribution >= 4 is 28.6 Å². The number of rotatable bonds is 5. The number of nitrogens with two attached hydrogens (primary N) is 1. The van der Waals surface area contributed by atoms with E-state index in [1.54, 1.807) is 20.3 Å². The summed E-state index contributed by atoms with van der Waals surface area (Å²) >= 11 is 0. The van der Waals surface area contributed by atoms with E-state index in [0.29, 0.717) is 29.8 Å². The lowest BCUT2D eigenvalue weighted by molar-refractivity contribution is -0.133. The number of hydrogen-bond acceptors (Lipinski definition) is 8. The zero-order valence-corrected chi connectivity index (χ0v) is 17.8. The van der Waals surface area contributed by atoms with E-state index in [4.69, 9.17) is 20.2 Å². The summed E-state index contributed by atoms with van der Waals surface area (Å²) in [5.41, 5.74) is 6.94. The predicted octanol–water partition coefficient (Wildman–Crippen LogP) is 1.36. The average molecular weight is 415 g/mol. The highest BCUT2D eigenvalue weighted by molar-refractivity contribution is 5.91. The number of ether oxygens (including phenoxy) is 2. The van der Waals surface area contributed by atoms with Gasteiger partial charge in [-0.05, 0) is 25.3 Å². The first kappa shape index (κ1) is 20.5. The van der Waals surface area contributed by atoms with Crippen LogP contribution in [0, 0.1) is 0 Å². The summed E-state index contributed by atoms with van der Waals surface area (Å²) in [7, 11) is 3.18. The van der Waals surface area contributed by atoms with Crippen molar-refractivity contribution in [3.05, 3.63) is 12.1 Å². The van der Waals surface area contributed by atoms with Gasteiger partial charge in [0.2, 0.25) is 11.9 Å². The van der Waals surface area contributed by atoms with Crippen LogP contribution in [0.3, 0.4) is 0 Å². The van der Waals surface area contributed by atoms with Crippen LogP contribution in [0.25, 0.3) is 10.9 Å². The van der Waals surface area contributed by atoms with Crippen LogP contribution in [-0.4, -0.2) is 85.7 Å². The summed E-state index contributed by atoms with van der Waals surface area (Å²) in [6, 6.07) is 3.63. The molecule has 0 aliphatic carbocycles. The molecule has 2 N–H and O–H groups in total. The van der Waals surface area contributed by atoms with Gasteiger partial charge in [-0.1, -0.05) is 0 Å². The predicted molar refractivity (Wildman–Crippen MR) is 116 cm³/mol. The molecule has 2 aliphatic rings. The lowest BCUT2D eigenvalue weighted by Gasteiger charge is -2.36. The van der Waals surface area contributed by atoms with E-state index in [1.807, 2.05) is 11.0 Å². The van der Waals surface area contributed by atoms with Crippen molar-refractivity contribution < 1.29 is 14.3 Å². The fourth-order valence-electron chi connectivity index (χ4n) is 4.15. The van der Waals surface area contributed by atoms with Gasteiger partial charge in [-0.3, -0.25) is 9.69 Å². The Morgan fingerprint density at radius 1 is 0.967 bits per heavy atom. The zero-order chi connectivity index (χ0) is 21.1. The number of likely N-dealkylation sites (tertiary alicyclic amines) is 1. The minimum atomic E-state index is 0.246. The van der Waals surface area contributed by atoms with Crippen molar-refractivity contribution in [2.24, 2.45) is 0 Å². The van der Waals surface area contributed by atoms with Gasteiger partial charge < -0.3 is 25.0 Å². The highest BCUT2D eigenvalue weighted by atomic mass is 16.5. The topological polar surface area (TPSA) is 97.1 Å². The van der Waals surface area contributed by atoms with Crippen molar-refractivity contribution in [3.63, 3.8) is 0 Å². The molecule has 3 heterocycles. The molecule has 4 rings (SSSR count). The number of carbonyl (C=O) groups excluding carboxylic acids is 1. The number of methoxy groups -OCH3 is 2. The molecule has 2 saturated heterocycles. The van der Waals surface area contributed by atoms with Crippen LogP contribution in [0.1, 0.15) is 19.3 Å². The maximum atomic E-state index is 12.5. The molecule has 2 aromatic rings. The van der Waals surface area contributed by atoms with Crippen LogP contribution >= 0.6 is 0 Å². The molecular formula is C21H30N6O3. The Hall–Kier alpha value is -2.81. The number of fused-ring (bicyclic) bond motifs is 1. The molecule has 2 aliphatic heterocycles. The second-order valence-electron chi connectivity index (χ2n) is 7.84. The largest absolute Gasteiger partial charge is 0.493 e. The summed E-state index contributed by atoms with van der Waals surface area (Å²) < 4.78 is 10.7. The van der Waals surface area contributed by atoms with Crippen molar-refractivity contribution in [2.45, 2.75) is 19.3 Å². The highest BCUT2D eigenvalue weighted by Crippen LogP contribution is 2.34. The fourth-order valence-corrected chi connectivity index (χ4v) is 4.15. The monoisotopic (exact) mass is 414 g/mol. The Labute approximate surface area is 176 Å². The summed E-state index contributed by atoms with van der Waals surface area (Å²) in [5.74, 6) is 2.47. The number of anilines is 2. The summed E-state index contributed by atoms with van der Waals surface area (Å²) in [5, 5.41) is 0.738. The summed E-state index contributed by atoms with van der Waals surface area (Å²) in [4.78, 5) is 28.1. The van der Waals surface area contributed by atoms with Gasteiger partial charge in [0, 0.05) is 50.7 Å². The van der Waals surface area contributed by atoms with E-state index < -0.39 is 0 Å². The van der Waals surface area contributed by atoms with E-state index in [2.05, 4.69) is 14.8 Å². The number of hydrogen-bond donors (Lipinski definition) is 1. The smallest absolute Gasteiger partial charge is 0.236 e.